The van der Waals surface area contributed by atoms with Gasteiger partial charge in [-0.05, 0) is 44.7 Å². The molecule has 5 nitrogen and oxygen atoms in total. The van der Waals surface area contributed by atoms with E-state index < -0.39 is 0 Å². The minimum Gasteiger partial charge on any atom is -0.464 e. The number of fused-ring (bicyclic) bond motifs is 1. The molecule has 0 N–H and O–H groups in total. The van der Waals surface area contributed by atoms with Crippen molar-refractivity contribution >= 4 is 16.8 Å². The maximum atomic E-state index is 5.85. The number of pyridine rings is 1. The molecular formula is C19H27N3O2. The van der Waals surface area contributed by atoms with Crippen LogP contribution in [0.1, 0.15) is 26.7 Å². The summed E-state index contributed by atoms with van der Waals surface area (Å²) in [5.41, 5.74) is 0.929. The van der Waals surface area contributed by atoms with E-state index in [2.05, 4.69) is 28.6 Å². The normalized spacial score (nSPS) is 27.0. The number of nitrogens with zero attached hydrogens (tertiary/aromatic N) is 3. The van der Waals surface area contributed by atoms with Crippen molar-refractivity contribution in [2.75, 3.05) is 37.6 Å². The molecule has 24 heavy (non-hydrogen) atoms. The topological polar surface area (TPSA) is 41.7 Å². The molecule has 4 heterocycles. The predicted molar refractivity (Wildman–Crippen MR) is 95.4 cm³/mol. The van der Waals surface area contributed by atoms with Crippen LogP contribution in [0.2, 0.25) is 0 Å². The van der Waals surface area contributed by atoms with Gasteiger partial charge in [0.2, 0.25) is 0 Å². The molecule has 130 valence electrons. The van der Waals surface area contributed by atoms with E-state index in [-0.39, 0.29) is 0 Å². The van der Waals surface area contributed by atoms with Crippen molar-refractivity contribution in [1.82, 2.24) is 9.88 Å². The number of hydrogen-bond donors (Lipinski definition) is 0. The van der Waals surface area contributed by atoms with E-state index in [1.807, 2.05) is 18.3 Å². The Bertz CT molecular complexity index is 668. The number of morpholine rings is 1. The van der Waals surface area contributed by atoms with Gasteiger partial charge < -0.3 is 14.1 Å². The van der Waals surface area contributed by atoms with Crippen molar-refractivity contribution in [3.63, 3.8) is 0 Å². The van der Waals surface area contributed by atoms with Gasteiger partial charge in [0.25, 0.3) is 0 Å². The predicted octanol–water partition coefficient (Wildman–Crippen LogP) is 3.15. The van der Waals surface area contributed by atoms with Crippen LogP contribution in [-0.2, 0) is 4.74 Å². The highest BCUT2D eigenvalue weighted by atomic mass is 16.5. The second-order valence-electron chi connectivity index (χ2n) is 7.37. The Kier molecular flexibility index (Phi) is 4.46. The van der Waals surface area contributed by atoms with E-state index >= 15 is 0 Å². The molecule has 2 aromatic heterocycles. The lowest BCUT2D eigenvalue weighted by Gasteiger charge is -2.39. The van der Waals surface area contributed by atoms with Gasteiger partial charge in [0, 0.05) is 38.9 Å². The number of hydrogen-bond acceptors (Lipinski definition) is 5. The van der Waals surface area contributed by atoms with Crippen LogP contribution >= 0.6 is 0 Å². The molecule has 0 amide bonds. The summed E-state index contributed by atoms with van der Waals surface area (Å²) in [6.07, 6.45) is 6.78. The summed E-state index contributed by atoms with van der Waals surface area (Å²) in [4.78, 5) is 9.61. The van der Waals surface area contributed by atoms with E-state index in [9.17, 15) is 0 Å². The molecule has 2 atom stereocenters. The van der Waals surface area contributed by atoms with Crippen LogP contribution in [0.5, 0.6) is 0 Å². The van der Waals surface area contributed by atoms with Crippen LogP contribution in [0.4, 0.5) is 5.82 Å². The second-order valence-corrected chi connectivity index (χ2v) is 7.37. The summed E-state index contributed by atoms with van der Waals surface area (Å²) >= 11 is 0. The van der Waals surface area contributed by atoms with Crippen molar-refractivity contribution in [3.05, 3.63) is 24.6 Å². The van der Waals surface area contributed by atoms with E-state index in [4.69, 9.17) is 9.15 Å². The fourth-order valence-corrected chi connectivity index (χ4v) is 4.26. The average Bonchev–Trinajstić information content (AvgIpc) is 3.03. The van der Waals surface area contributed by atoms with Crippen LogP contribution in [0.3, 0.4) is 0 Å². The second kappa shape index (κ2) is 6.73. The van der Waals surface area contributed by atoms with Crippen LogP contribution < -0.4 is 4.90 Å². The minimum absolute atomic E-state index is 0.358. The standard InChI is InChI=1S/C19H27N3O2/c1-14-11-21(12-15(2)24-14)13-16-4-8-22(9-5-16)19-17-6-10-23-18(17)3-7-20-19/h3,6-7,10,14-16H,4-5,8-9,11-13H2,1-2H3/t14-,15-/m1/s1. The number of rotatable bonds is 3. The summed E-state index contributed by atoms with van der Waals surface area (Å²) in [6.45, 7) is 9.87. The number of anilines is 1. The summed E-state index contributed by atoms with van der Waals surface area (Å²) in [5, 5.41) is 1.13. The summed E-state index contributed by atoms with van der Waals surface area (Å²) < 4.78 is 11.4. The Labute approximate surface area is 143 Å². The molecule has 5 heteroatoms. The monoisotopic (exact) mass is 329 g/mol. The van der Waals surface area contributed by atoms with Gasteiger partial charge in [0.05, 0.1) is 23.9 Å². The highest BCUT2D eigenvalue weighted by molar-refractivity contribution is 5.88. The molecule has 0 spiro atoms. The molecule has 0 saturated carbocycles. The third kappa shape index (κ3) is 3.28. The zero-order valence-electron chi connectivity index (χ0n) is 14.6. The molecular weight excluding hydrogens is 302 g/mol. The largest absolute Gasteiger partial charge is 0.464 e. The Morgan fingerprint density at radius 2 is 1.88 bits per heavy atom. The fourth-order valence-electron chi connectivity index (χ4n) is 4.26. The number of piperidine rings is 1. The Morgan fingerprint density at radius 3 is 2.62 bits per heavy atom. The van der Waals surface area contributed by atoms with Crippen molar-refractivity contribution in [2.24, 2.45) is 5.92 Å². The lowest BCUT2D eigenvalue weighted by Crippen LogP contribution is -2.48. The van der Waals surface area contributed by atoms with Crippen LogP contribution in [0.15, 0.2) is 29.0 Å². The fraction of sp³-hybridized carbons (Fsp3) is 0.632. The summed E-state index contributed by atoms with van der Waals surface area (Å²) in [7, 11) is 0. The van der Waals surface area contributed by atoms with Crippen LogP contribution in [0.25, 0.3) is 11.0 Å². The molecule has 2 aliphatic rings. The number of furan rings is 1. The minimum atomic E-state index is 0.358. The Morgan fingerprint density at radius 1 is 1.12 bits per heavy atom. The zero-order valence-corrected chi connectivity index (χ0v) is 14.6. The van der Waals surface area contributed by atoms with E-state index in [0.717, 1.165) is 48.9 Å². The molecule has 0 aliphatic carbocycles. The van der Waals surface area contributed by atoms with Crippen molar-refractivity contribution < 1.29 is 9.15 Å². The molecule has 4 rings (SSSR count). The Balaban J connectivity index is 1.36. The van der Waals surface area contributed by atoms with E-state index in [0.29, 0.717) is 12.2 Å². The highest BCUT2D eigenvalue weighted by Crippen LogP contribution is 2.29. The maximum Gasteiger partial charge on any atom is 0.139 e. The third-order valence-electron chi connectivity index (χ3n) is 5.28. The van der Waals surface area contributed by atoms with Gasteiger partial charge in [0.15, 0.2) is 0 Å². The van der Waals surface area contributed by atoms with Gasteiger partial charge in [0.1, 0.15) is 11.4 Å². The van der Waals surface area contributed by atoms with Crippen LogP contribution in [0, 0.1) is 5.92 Å². The first-order valence-corrected chi connectivity index (χ1v) is 9.14. The SMILES string of the molecule is C[C@@H]1CN(CC2CCN(c3nccc4occc34)CC2)C[C@@H](C)O1. The van der Waals surface area contributed by atoms with Gasteiger partial charge in [-0.2, -0.15) is 0 Å². The van der Waals surface area contributed by atoms with Crippen molar-refractivity contribution in [1.29, 1.82) is 0 Å². The first-order chi connectivity index (χ1) is 11.7. The molecule has 2 aliphatic heterocycles. The molecule has 2 saturated heterocycles. The summed E-state index contributed by atoms with van der Waals surface area (Å²) in [6, 6.07) is 3.96. The van der Waals surface area contributed by atoms with E-state index in [1.54, 1.807) is 6.26 Å². The maximum absolute atomic E-state index is 5.85. The first-order valence-electron chi connectivity index (χ1n) is 9.14. The molecule has 0 radical (unpaired) electrons. The molecule has 2 fully saturated rings. The third-order valence-corrected chi connectivity index (χ3v) is 5.28. The lowest BCUT2D eigenvalue weighted by molar-refractivity contribution is -0.0720. The van der Waals surface area contributed by atoms with Gasteiger partial charge in [-0.3, -0.25) is 4.90 Å². The average molecular weight is 329 g/mol. The Hall–Kier alpha value is -1.59. The molecule has 0 aromatic carbocycles. The molecule has 0 bridgehead atoms. The summed E-state index contributed by atoms with van der Waals surface area (Å²) in [5.74, 6) is 1.86. The van der Waals surface area contributed by atoms with Crippen molar-refractivity contribution in [3.8, 4) is 0 Å². The molecule has 2 aromatic rings. The van der Waals surface area contributed by atoms with Gasteiger partial charge in [-0.1, -0.05) is 0 Å². The van der Waals surface area contributed by atoms with Crippen LogP contribution in [-0.4, -0.2) is 54.8 Å². The van der Waals surface area contributed by atoms with Gasteiger partial charge in [-0.15, -0.1) is 0 Å². The van der Waals surface area contributed by atoms with Crippen molar-refractivity contribution in [2.45, 2.75) is 38.9 Å². The quantitative estimate of drug-likeness (QED) is 0.865. The lowest BCUT2D eigenvalue weighted by atomic mass is 9.95. The van der Waals surface area contributed by atoms with Gasteiger partial charge in [-0.25, -0.2) is 4.98 Å². The van der Waals surface area contributed by atoms with E-state index in [1.165, 1.54) is 19.4 Å². The highest BCUT2D eigenvalue weighted by Gasteiger charge is 2.27. The number of ether oxygens (including phenoxy) is 1. The first kappa shape index (κ1) is 15.9. The smallest absolute Gasteiger partial charge is 0.139 e. The van der Waals surface area contributed by atoms with Gasteiger partial charge >= 0.3 is 0 Å². The zero-order chi connectivity index (χ0) is 16.5. The number of aromatic nitrogens is 1. The molecule has 0 unspecified atom stereocenters.